The first kappa shape index (κ1) is 24.1. The molecule has 1 aromatic carbocycles. The molecule has 0 aliphatic heterocycles. The smallest absolute Gasteiger partial charge is 0.227 e. The fraction of sp³-hybridized carbons (Fsp3) is 0.680. The van der Waals surface area contributed by atoms with E-state index >= 15 is 0 Å². The van der Waals surface area contributed by atoms with Crippen molar-refractivity contribution in [3.8, 4) is 0 Å². The number of halogens is 1. The summed E-state index contributed by atoms with van der Waals surface area (Å²) >= 11 is 6.53. The summed E-state index contributed by atoms with van der Waals surface area (Å²) in [6.45, 7) is 6.73. The fourth-order valence-electron chi connectivity index (χ4n) is 4.78. The highest BCUT2D eigenvalue weighted by atomic mass is 35.5. The molecule has 5 nitrogen and oxygen atoms in total. The minimum Gasteiger partial charge on any atom is -0.335 e. The number of carbonyl (C=O) groups excluding carboxylic acids is 2. The molecule has 0 atom stereocenters. The van der Waals surface area contributed by atoms with Crippen molar-refractivity contribution in [2.75, 3.05) is 5.32 Å². The van der Waals surface area contributed by atoms with Crippen molar-refractivity contribution in [1.82, 2.24) is 4.90 Å². The van der Waals surface area contributed by atoms with Crippen molar-refractivity contribution in [1.29, 1.82) is 0 Å². The van der Waals surface area contributed by atoms with Crippen LogP contribution in [-0.4, -0.2) is 28.8 Å². The van der Waals surface area contributed by atoms with Crippen LogP contribution in [0, 0.1) is 11.3 Å². The van der Waals surface area contributed by atoms with Gasteiger partial charge in [-0.1, -0.05) is 45.2 Å². The third kappa shape index (κ3) is 6.95. The van der Waals surface area contributed by atoms with Crippen LogP contribution in [0.4, 0.5) is 5.69 Å². The molecule has 0 aromatic heterocycles. The van der Waals surface area contributed by atoms with Crippen LogP contribution in [-0.2, 0) is 16.1 Å². The second-order valence-corrected chi connectivity index (χ2v) is 11.0. The molecule has 2 amide bonds. The van der Waals surface area contributed by atoms with Crippen molar-refractivity contribution >= 4 is 29.1 Å². The quantitative estimate of drug-likeness (QED) is 0.604. The summed E-state index contributed by atoms with van der Waals surface area (Å²) in [5, 5.41) is 3.68. The van der Waals surface area contributed by atoms with E-state index in [0.717, 1.165) is 62.6 Å². The van der Waals surface area contributed by atoms with Gasteiger partial charge in [-0.3, -0.25) is 9.59 Å². The van der Waals surface area contributed by atoms with Crippen molar-refractivity contribution in [2.24, 2.45) is 17.1 Å². The number of nitrogens with one attached hydrogen (secondary N) is 1. The van der Waals surface area contributed by atoms with E-state index in [1.54, 1.807) is 0 Å². The molecule has 2 aliphatic carbocycles. The molecule has 0 radical (unpaired) electrons. The molecule has 172 valence electrons. The van der Waals surface area contributed by atoms with Crippen LogP contribution in [0.3, 0.4) is 0 Å². The summed E-state index contributed by atoms with van der Waals surface area (Å²) in [6.07, 6.45) is 8.39. The number of carbonyl (C=O) groups is 2. The monoisotopic (exact) mass is 447 g/mol. The number of amides is 2. The van der Waals surface area contributed by atoms with E-state index in [9.17, 15) is 9.59 Å². The van der Waals surface area contributed by atoms with E-state index in [0.29, 0.717) is 18.0 Å². The SMILES string of the molecule is CC(C)(C)CC(=O)N(Cc1cc(NC(=O)C2CCCC2)ccc1Cl)C1CCC(N)CC1. The van der Waals surface area contributed by atoms with Gasteiger partial charge in [-0.15, -0.1) is 0 Å². The van der Waals surface area contributed by atoms with Gasteiger partial charge >= 0.3 is 0 Å². The van der Waals surface area contributed by atoms with E-state index in [4.69, 9.17) is 17.3 Å². The maximum Gasteiger partial charge on any atom is 0.227 e. The second kappa shape index (κ2) is 10.4. The van der Waals surface area contributed by atoms with Gasteiger partial charge in [0.1, 0.15) is 0 Å². The number of nitrogens with two attached hydrogens (primary N) is 1. The summed E-state index contributed by atoms with van der Waals surface area (Å²) in [5.74, 6) is 0.354. The van der Waals surface area contributed by atoms with E-state index in [2.05, 4.69) is 26.1 Å². The Bertz CT molecular complexity index is 775. The average Bonchev–Trinajstić information content (AvgIpc) is 3.23. The number of benzene rings is 1. The van der Waals surface area contributed by atoms with Crippen LogP contribution in [0.15, 0.2) is 18.2 Å². The van der Waals surface area contributed by atoms with Gasteiger partial charge in [0.05, 0.1) is 0 Å². The molecule has 0 unspecified atom stereocenters. The van der Waals surface area contributed by atoms with Crippen LogP contribution < -0.4 is 11.1 Å². The zero-order valence-corrected chi connectivity index (χ0v) is 20.0. The first-order chi connectivity index (χ1) is 14.6. The Morgan fingerprint density at radius 1 is 1.10 bits per heavy atom. The Labute approximate surface area is 192 Å². The van der Waals surface area contributed by atoms with Crippen molar-refractivity contribution in [3.05, 3.63) is 28.8 Å². The molecular weight excluding hydrogens is 410 g/mol. The molecule has 2 fully saturated rings. The van der Waals surface area contributed by atoms with Crippen LogP contribution in [0.2, 0.25) is 5.02 Å². The van der Waals surface area contributed by atoms with Crippen LogP contribution in [0.25, 0.3) is 0 Å². The van der Waals surface area contributed by atoms with Crippen molar-refractivity contribution < 1.29 is 9.59 Å². The van der Waals surface area contributed by atoms with Gasteiger partial charge in [0.25, 0.3) is 0 Å². The molecule has 2 saturated carbocycles. The van der Waals surface area contributed by atoms with Gasteiger partial charge in [0, 0.05) is 41.7 Å². The van der Waals surface area contributed by atoms with Gasteiger partial charge in [0.15, 0.2) is 0 Å². The molecule has 0 bridgehead atoms. The zero-order chi connectivity index (χ0) is 22.6. The minimum absolute atomic E-state index is 0.0820. The maximum atomic E-state index is 13.3. The Kier molecular flexibility index (Phi) is 8.03. The zero-order valence-electron chi connectivity index (χ0n) is 19.3. The Morgan fingerprint density at radius 3 is 2.35 bits per heavy atom. The second-order valence-electron chi connectivity index (χ2n) is 10.6. The molecule has 1 aromatic rings. The van der Waals surface area contributed by atoms with Crippen LogP contribution >= 0.6 is 11.6 Å². The lowest BCUT2D eigenvalue weighted by Gasteiger charge is -2.37. The summed E-state index contributed by atoms with van der Waals surface area (Å²) in [4.78, 5) is 27.8. The summed E-state index contributed by atoms with van der Waals surface area (Å²) in [5.41, 5.74) is 7.66. The topological polar surface area (TPSA) is 75.4 Å². The van der Waals surface area contributed by atoms with Gasteiger partial charge in [-0.05, 0) is 67.7 Å². The highest BCUT2D eigenvalue weighted by Gasteiger charge is 2.30. The third-order valence-electron chi connectivity index (χ3n) is 6.56. The molecule has 2 aliphatic rings. The lowest BCUT2D eigenvalue weighted by Crippen LogP contribution is -2.44. The minimum atomic E-state index is -0.0820. The summed E-state index contributed by atoms with van der Waals surface area (Å²) in [7, 11) is 0. The highest BCUT2D eigenvalue weighted by Crippen LogP contribution is 2.31. The third-order valence-corrected chi connectivity index (χ3v) is 6.93. The average molecular weight is 448 g/mol. The Hall–Kier alpha value is -1.59. The number of hydrogen-bond acceptors (Lipinski definition) is 3. The normalized spacial score (nSPS) is 22.4. The molecule has 31 heavy (non-hydrogen) atoms. The Balaban J connectivity index is 1.77. The summed E-state index contributed by atoms with van der Waals surface area (Å²) in [6, 6.07) is 6.02. The van der Waals surface area contributed by atoms with Gasteiger partial charge < -0.3 is 16.0 Å². The van der Waals surface area contributed by atoms with Crippen molar-refractivity contribution in [3.63, 3.8) is 0 Å². The standard InChI is InChI=1S/C25H38ClN3O2/c1-25(2,3)15-23(30)29(21-11-8-19(27)9-12-21)16-18-14-20(10-13-22(18)26)28-24(31)17-6-4-5-7-17/h10,13-14,17,19,21H,4-9,11-12,15-16,27H2,1-3H3,(H,28,31). The van der Waals surface area contributed by atoms with Crippen LogP contribution in [0.5, 0.6) is 0 Å². The first-order valence-corrected chi connectivity index (χ1v) is 12.1. The van der Waals surface area contributed by atoms with E-state index in [1.165, 1.54) is 0 Å². The predicted molar refractivity (Wildman–Crippen MR) is 127 cm³/mol. The fourth-order valence-corrected chi connectivity index (χ4v) is 4.96. The lowest BCUT2D eigenvalue weighted by molar-refractivity contribution is -0.137. The van der Waals surface area contributed by atoms with Gasteiger partial charge in [-0.25, -0.2) is 0 Å². The number of nitrogens with zero attached hydrogens (tertiary/aromatic N) is 1. The predicted octanol–water partition coefficient (Wildman–Crippen LogP) is 5.50. The maximum absolute atomic E-state index is 13.3. The largest absolute Gasteiger partial charge is 0.335 e. The van der Waals surface area contributed by atoms with Gasteiger partial charge in [-0.2, -0.15) is 0 Å². The Morgan fingerprint density at radius 2 is 1.74 bits per heavy atom. The molecular formula is C25H38ClN3O2. The lowest BCUT2D eigenvalue weighted by atomic mass is 9.88. The molecule has 3 rings (SSSR count). The molecule has 0 heterocycles. The molecule has 0 spiro atoms. The number of hydrogen-bond donors (Lipinski definition) is 2. The highest BCUT2D eigenvalue weighted by molar-refractivity contribution is 6.31. The van der Waals surface area contributed by atoms with E-state index in [1.807, 2.05) is 23.1 Å². The van der Waals surface area contributed by atoms with E-state index < -0.39 is 0 Å². The van der Waals surface area contributed by atoms with Crippen LogP contribution in [0.1, 0.15) is 84.1 Å². The molecule has 6 heteroatoms. The first-order valence-electron chi connectivity index (χ1n) is 11.8. The number of anilines is 1. The van der Waals surface area contributed by atoms with Crippen molar-refractivity contribution in [2.45, 2.75) is 97.2 Å². The number of rotatable bonds is 6. The molecule has 0 saturated heterocycles. The van der Waals surface area contributed by atoms with E-state index in [-0.39, 0.29) is 35.2 Å². The molecule has 3 N–H and O–H groups in total. The van der Waals surface area contributed by atoms with Gasteiger partial charge in [0.2, 0.25) is 11.8 Å². The summed E-state index contributed by atoms with van der Waals surface area (Å²) < 4.78 is 0.